The second kappa shape index (κ2) is 8.99. The van der Waals surface area contributed by atoms with E-state index in [0.29, 0.717) is 0 Å². The molecule has 0 radical (unpaired) electrons. The number of hydrogen-bond acceptors (Lipinski definition) is 3. The molecule has 0 saturated heterocycles. The first-order valence-corrected chi connectivity index (χ1v) is 4.45. The number of aliphatic hydroxyl groups excluding tert-OH is 2. The largest absolute Gasteiger partial charge is 0.474 e. The van der Waals surface area contributed by atoms with Crippen LogP contribution in [0.5, 0.6) is 0 Å². The Kier molecular flexibility index (Phi) is 8.05. The van der Waals surface area contributed by atoms with Crippen LogP contribution in [0.2, 0.25) is 0 Å². The number of benzene rings is 1. The Bertz CT molecular complexity index is 269. The molecule has 0 spiro atoms. The molecule has 0 bridgehead atoms. The van der Waals surface area contributed by atoms with E-state index in [1.165, 1.54) is 12.5 Å². The highest BCUT2D eigenvalue weighted by Crippen LogP contribution is 2.04. The summed E-state index contributed by atoms with van der Waals surface area (Å²) in [6, 6.07) is 7.23. The minimum atomic E-state index is 0.0356. The number of aliphatic hydroxyl groups is 2. The maximum atomic E-state index is 8.68. The van der Waals surface area contributed by atoms with E-state index in [1.54, 1.807) is 6.07 Å². The van der Waals surface area contributed by atoms with Crippen LogP contribution >= 0.6 is 0 Å². The quantitative estimate of drug-likeness (QED) is 0.744. The van der Waals surface area contributed by atoms with Gasteiger partial charge in [-0.15, -0.1) is 0 Å². The molecule has 0 amide bonds. The molecule has 0 atom stereocenters. The van der Waals surface area contributed by atoms with E-state index in [-0.39, 0.29) is 13.2 Å². The lowest BCUT2D eigenvalue weighted by Crippen LogP contribution is -1.86. The molecule has 3 nitrogen and oxygen atoms in total. The summed E-state index contributed by atoms with van der Waals surface area (Å²) in [5.41, 5.74) is 1.68. The molecule has 3 heteroatoms. The Labute approximate surface area is 89.9 Å². The summed E-state index contributed by atoms with van der Waals surface area (Å²) in [5, 5.41) is 17.4. The van der Waals surface area contributed by atoms with Crippen LogP contribution in [-0.2, 0) is 18.0 Å². The number of ether oxygens (including phenoxy) is 1. The van der Waals surface area contributed by atoms with E-state index < -0.39 is 0 Å². The predicted molar refractivity (Wildman–Crippen MR) is 59.8 cm³/mol. The molecule has 82 valence electrons. The Morgan fingerprint density at radius 2 is 1.53 bits per heavy atom. The summed E-state index contributed by atoms with van der Waals surface area (Å²) in [7, 11) is 0. The third-order valence-corrected chi connectivity index (χ3v) is 1.55. The fraction of sp³-hybridized carbons (Fsp3) is 0.167. The summed E-state index contributed by atoms with van der Waals surface area (Å²) in [6.45, 7) is 6.59. The lowest BCUT2D eigenvalue weighted by molar-refractivity contribution is 0.275. The number of rotatable bonds is 4. The van der Waals surface area contributed by atoms with Gasteiger partial charge in [0.15, 0.2) is 0 Å². The van der Waals surface area contributed by atoms with Crippen LogP contribution in [0.15, 0.2) is 49.9 Å². The Hall–Kier alpha value is -1.58. The average molecular weight is 208 g/mol. The normalized spacial score (nSPS) is 8.40. The highest BCUT2D eigenvalue weighted by molar-refractivity contribution is 5.21. The maximum absolute atomic E-state index is 8.68. The smallest absolute Gasteiger partial charge is 0.0829 e. The SMILES string of the molecule is C=COC=C.OCc1cccc(CO)c1. The highest BCUT2D eigenvalue weighted by atomic mass is 16.5. The summed E-state index contributed by atoms with van der Waals surface area (Å²) in [6.07, 6.45) is 2.62. The number of hydrogen-bond donors (Lipinski definition) is 2. The van der Waals surface area contributed by atoms with Crippen molar-refractivity contribution in [3.8, 4) is 0 Å². The Balaban J connectivity index is 0.000000336. The first-order valence-electron chi connectivity index (χ1n) is 4.45. The van der Waals surface area contributed by atoms with Crippen molar-refractivity contribution >= 4 is 0 Å². The van der Waals surface area contributed by atoms with Gasteiger partial charge in [-0.05, 0) is 11.1 Å². The fourth-order valence-corrected chi connectivity index (χ4v) is 0.894. The molecule has 15 heavy (non-hydrogen) atoms. The van der Waals surface area contributed by atoms with Gasteiger partial charge in [0.05, 0.1) is 25.7 Å². The van der Waals surface area contributed by atoms with E-state index in [2.05, 4.69) is 17.9 Å². The molecular formula is C12H16O3. The lowest BCUT2D eigenvalue weighted by atomic mass is 10.1. The van der Waals surface area contributed by atoms with Crippen molar-refractivity contribution in [1.29, 1.82) is 0 Å². The summed E-state index contributed by atoms with van der Waals surface area (Å²) < 4.78 is 4.36. The molecule has 1 rings (SSSR count). The van der Waals surface area contributed by atoms with E-state index in [4.69, 9.17) is 10.2 Å². The standard InChI is InChI=1S/C8H10O2.C4H6O/c9-5-7-2-1-3-8(4-7)6-10;1-3-5-4-2/h1-4,9-10H,5-6H2;3-4H,1-2H2. The van der Waals surface area contributed by atoms with E-state index in [0.717, 1.165) is 11.1 Å². The van der Waals surface area contributed by atoms with Gasteiger partial charge in [0, 0.05) is 0 Å². The summed E-state index contributed by atoms with van der Waals surface area (Å²) >= 11 is 0. The molecule has 0 saturated carbocycles. The van der Waals surface area contributed by atoms with Gasteiger partial charge < -0.3 is 14.9 Å². The first kappa shape index (κ1) is 13.4. The van der Waals surface area contributed by atoms with Crippen LogP contribution in [0, 0.1) is 0 Å². The van der Waals surface area contributed by atoms with Gasteiger partial charge >= 0.3 is 0 Å². The van der Waals surface area contributed by atoms with Crippen molar-refractivity contribution in [3.63, 3.8) is 0 Å². The van der Waals surface area contributed by atoms with Gasteiger partial charge in [-0.3, -0.25) is 0 Å². The van der Waals surface area contributed by atoms with Gasteiger partial charge in [-0.2, -0.15) is 0 Å². The minimum Gasteiger partial charge on any atom is -0.474 e. The molecule has 0 aliphatic rings. The molecule has 0 fully saturated rings. The topological polar surface area (TPSA) is 49.7 Å². The van der Waals surface area contributed by atoms with Crippen LogP contribution < -0.4 is 0 Å². The first-order chi connectivity index (χ1) is 7.28. The van der Waals surface area contributed by atoms with Crippen LogP contribution in [0.3, 0.4) is 0 Å². The molecule has 0 aromatic heterocycles. The zero-order valence-corrected chi connectivity index (χ0v) is 8.60. The lowest BCUT2D eigenvalue weighted by Gasteiger charge is -1.97. The fourth-order valence-electron chi connectivity index (χ4n) is 0.894. The highest BCUT2D eigenvalue weighted by Gasteiger charge is 1.91. The van der Waals surface area contributed by atoms with Crippen LogP contribution in [0.4, 0.5) is 0 Å². The van der Waals surface area contributed by atoms with Crippen molar-refractivity contribution in [2.24, 2.45) is 0 Å². The second-order valence-corrected chi connectivity index (χ2v) is 2.61. The van der Waals surface area contributed by atoms with Gasteiger partial charge in [0.2, 0.25) is 0 Å². The molecule has 0 aliphatic heterocycles. The van der Waals surface area contributed by atoms with Crippen LogP contribution in [0.25, 0.3) is 0 Å². The Morgan fingerprint density at radius 1 is 1.07 bits per heavy atom. The molecule has 1 aromatic carbocycles. The zero-order valence-electron chi connectivity index (χ0n) is 8.60. The van der Waals surface area contributed by atoms with Crippen molar-refractivity contribution in [1.82, 2.24) is 0 Å². The van der Waals surface area contributed by atoms with Crippen molar-refractivity contribution in [3.05, 3.63) is 61.1 Å². The third-order valence-electron chi connectivity index (χ3n) is 1.55. The second-order valence-electron chi connectivity index (χ2n) is 2.61. The minimum absolute atomic E-state index is 0.0356. The van der Waals surface area contributed by atoms with Crippen molar-refractivity contribution < 1.29 is 14.9 Å². The van der Waals surface area contributed by atoms with Gasteiger partial charge in [-0.25, -0.2) is 0 Å². The van der Waals surface area contributed by atoms with E-state index in [1.807, 2.05) is 18.2 Å². The van der Waals surface area contributed by atoms with Crippen LogP contribution in [-0.4, -0.2) is 10.2 Å². The zero-order chi connectivity index (χ0) is 11.5. The van der Waals surface area contributed by atoms with Gasteiger partial charge in [0.25, 0.3) is 0 Å². The third kappa shape index (κ3) is 6.49. The monoisotopic (exact) mass is 208 g/mol. The molecule has 2 N–H and O–H groups in total. The predicted octanol–water partition coefficient (Wildman–Crippen LogP) is 1.96. The summed E-state index contributed by atoms with van der Waals surface area (Å²) in [5.74, 6) is 0. The molecule has 0 aliphatic carbocycles. The van der Waals surface area contributed by atoms with Gasteiger partial charge in [-0.1, -0.05) is 37.4 Å². The van der Waals surface area contributed by atoms with Crippen LogP contribution in [0.1, 0.15) is 11.1 Å². The van der Waals surface area contributed by atoms with Gasteiger partial charge in [0.1, 0.15) is 0 Å². The molecule has 1 aromatic rings. The molecule has 0 heterocycles. The maximum Gasteiger partial charge on any atom is 0.0829 e. The molecular weight excluding hydrogens is 192 g/mol. The Morgan fingerprint density at radius 3 is 1.80 bits per heavy atom. The van der Waals surface area contributed by atoms with E-state index >= 15 is 0 Å². The van der Waals surface area contributed by atoms with Crippen molar-refractivity contribution in [2.45, 2.75) is 13.2 Å². The van der Waals surface area contributed by atoms with Crippen molar-refractivity contribution in [2.75, 3.05) is 0 Å². The molecule has 0 unspecified atom stereocenters. The van der Waals surface area contributed by atoms with E-state index in [9.17, 15) is 0 Å². The summed E-state index contributed by atoms with van der Waals surface area (Å²) in [4.78, 5) is 0. The average Bonchev–Trinajstić information content (AvgIpc) is 2.31.